The number of hydrogen-bond acceptors (Lipinski definition) is 7. The first-order chi connectivity index (χ1) is 15.5. The number of ether oxygens (including phenoxy) is 1. The molecule has 1 saturated carbocycles. The molecule has 0 atom stereocenters. The van der Waals surface area contributed by atoms with Crippen molar-refractivity contribution in [3.63, 3.8) is 0 Å². The summed E-state index contributed by atoms with van der Waals surface area (Å²) in [6, 6.07) is 5.00. The Kier molecular flexibility index (Phi) is 4.84. The van der Waals surface area contributed by atoms with Gasteiger partial charge in [-0.1, -0.05) is 6.07 Å². The van der Waals surface area contributed by atoms with E-state index in [1.54, 1.807) is 26.3 Å². The Morgan fingerprint density at radius 2 is 1.91 bits per heavy atom. The molecule has 1 aliphatic heterocycles. The Labute approximate surface area is 188 Å². The molecule has 2 fully saturated rings. The lowest BCUT2D eigenvalue weighted by Crippen LogP contribution is -2.61. The van der Waals surface area contributed by atoms with E-state index >= 15 is 0 Å². The highest BCUT2D eigenvalue weighted by atomic mass is 19.4. The number of benzene rings is 1. The van der Waals surface area contributed by atoms with Gasteiger partial charge in [-0.2, -0.15) is 28.2 Å². The van der Waals surface area contributed by atoms with Crippen molar-refractivity contribution in [2.24, 2.45) is 0 Å². The van der Waals surface area contributed by atoms with Gasteiger partial charge in [0.15, 0.2) is 5.65 Å². The van der Waals surface area contributed by atoms with Crippen LogP contribution in [0.5, 0.6) is 0 Å². The van der Waals surface area contributed by atoms with Crippen LogP contribution < -0.4 is 10.2 Å². The number of methoxy groups -OCH3 is 1. The van der Waals surface area contributed by atoms with Crippen molar-refractivity contribution < 1.29 is 23.0 Å². The first-order valence-corrected chi connectivity index (χ1v) is 10.7. The summed E-state index contributed by atoms with van der Waals surface area (Å²) in [6.07, 6.45) is -1.77. The van der Waals surface area contributed by atoms with Crippen molar-refractivity contribution in [1.29, 1.82) is 0 Å². The highest BCUT2D eigenvalue weighted by Gasteiger charge is 2.42. The van der Waals surface area contributed by atoms with Crippen LogP contribution in [0, 0.1) is 0 Å². The lowest BCUT2D eigenvalue weighted by atomic mass is 9.77. The maximum absolute atomic E-state index is 13.3. The Balaban J connectivity index is 1.56. The Hall–Kier alpha value is -2.92. The fourth-order valence-corrected chi connectivity index (χ4v) is 4.53. The molecule has 0 amide bonds. The second-order valence-electron chi connectivity index (χ2n) is 9.47. The van der Waals surface area contributed by atoms with Crippen molar-refractivity contribution in [3.8, 4) is 5.69 Å². The summed E-state index contributed by atoms with van der Waals surface area (Å²) in [5.74, 6) is 0.985. The number of aliphatic hydroxyl groups is 1. The van der Waals surface area contributed by atoms with Gasteiger partial charge < -0.3 is 20.1 Å². The Morgan fingerprint density at radius 3 is 2.55 bits per heavy atom. The van der Waals surface area contributed by atoms with Crippen LogP contribution in [0.15, 0.2) is 30.5 Å². The fraction of sp³-hybridized carbons (Fsp3) is 0.500. The van der Waals surface area contributed by atoms with Crippen molar-refractivity contribution in [3.05, 3.63) is 36.0 Å². The summed E-state index contributed by atoms with van der Waals surface area (Å²) in [7, 11) is 1.66. The molecule has 3 heterocycles. The largest absolute Gasteiger partial charge is 0.416 e. The zero-order valence-corrected chi connectivity index (χ0v) is 18.5. The Morgan fingerprint density at radius 1 is 1.18 bits per heavy atom. The molecule has 0 spiro atoms. The second kappa shape index (κ2) is 7.29. The summed E-state index contributed by atoms with van der Waals surface area (Å²) in [4.78, 5) is 11.3. The number of hydrogen-bond donors (Lipinski definition) is 2. The monoisotopic (exact) mass is 462 g/mol. The van der Waals surface area contributed by atoms with Crippen LogP contribution >= 0.6 is 0 Å². The first-order valence-electron chi connectivity index (χ1n) is 10.7. The van der Waals surface area contributed by atoms with Crippen LogP contribution in [0.4, 0.5) is 24.9 Å². The molecule has 8 nitrogen and oxygen atoms in total. The topological polar surface area (TPSA) is 88.3 Å². The third-order valence-electron chi connectivity index (χ3n) is 6.37. The highest BCUT2D eigenvalue weighted by Crippen LogP contribution is 2.37. The van der Waals surface area contributed by atoms with Crippen molar-refractivity contribution in [1.82, 2.24) is 19.7 Å². The first kappa shape index (κ1) is 21.9. The molecule has 2 aliphatic rings. The standard InChI is InChI=1S/C22H25F3N6O2/c1-20(32)8-14(9-20)27-19-28-17(30-11-21(2,12-30)33-3)16-10-26-31(18(16)29-19)15-6-4-5-13(7-15)22(23,24)25/h4-7,10,14,32H,8-9,11-12H2,1-3H3,(H,27,28,29)/t14-,20+. The Bertz CT molecular complexity index is 1190. The maximum atomic E-state index is 13.3. The molecule has 5 rings (SSSR count). The molecule has 0 unspecified atom stereocenters. The predicted molar refractivity (Wildman–Crippen MR) is 117 cm³/mol. The summed E-state index contributed by atoms with van der Waals surface area (Å²) in [5.41, 5.74) is -1.12. The molecule has 0 bridgehead atoms. The third-order valence-corrected chi connectivity index (χ3v) is 6.37. The van der Waals surface area contributed by atoms with E-state index in [1.165, 1.54) is 10.7 Å². The van der Waals surface area contributed by atoms with E-state index in [0.29, 0.717) is 48.7 Å². The summed E-state index contributed by atoms with van der Waals surface area (Å²) in [6.45, 7) is 5.00. The molecule has 33 heavy (non-hydrogen) atoms. The molecule has 3 aromatic rings. The van der Waals surface area contributed by atoms with Gasteiger partial charge in [-0.05, 0) is 44.9 Å². The molecule has 0 radical (unpaired) electrons. The van der Waals surface area contributed by atoms with Crippen LogP contribution in [0.3, 0.4) is 0 Å². The number of nitrogens with zero attached hydrogens (tertiary/aromatic N) is 5. The molecular weight excluding hydrogens is 437 g/mol. The molecule has 176 valence electrons. The average molecular weight is 462 g/mol. The van der Waals surface area contributed by atoms with Gasteiger partial charge in [-0.25, -0.2) is 4.68 Å². The summed E-state index contributed by atoms with van der Waals surface area (Å²) in [5, 5.41) is 18.3. The van der Waals surface area contributed by atoms with E-state index in [4.69, 9.17) is 4.74 Å². The van der Waals surface area contributed by atoms with Gasteiger partial charge in [0.05, 0.1) is 34.0 Å². The number of nitrogens with one attached hydrogen (secondary N) is 1. The van der Waals surface area contributed by atoms with Crippen LogP contribution in [0.2, 0.25) is 0 Å². The smallest absolute Gasteiger partial charge is 0.390 e. The van der Waals surface area contributed by atoms with Gasteiger partial charge in [0.2, 0.25) is 5.95 Å². The van der Waals surface area contributed by atoms with Gasteiger partial charge in [0, 0.05) is 26.2 Å². The van der Waals surface area contributed by atoms with E-state index in [0.717, 1.165) is 12.1 Å². The molecule has 1 aliphatic carbocycles. The molecule has 2 aromatic heterocycles. The van der Waals surface area contributed by atoms with Gasteiger partial charge in [-0.3, -0.25) is 0 Å². The van der Waals surface area contributed by atoms with E-state index < -0.39 is 17.3 Å². The van der Waals surface area contributed by atoms with Crippen molar-refractivity contribution in [2.45, 2.75) is 50.1 Å². The molecule has 2 N–H and O–H groups in total. The van der Waals surface area contributed by atoms with E-state index in [9.17, 15) is 18.3 Å². The van der Waals surface area contributed by atoms with E-state index in [1.807, 2.05) is 11.8 Å². The second-order valence-corrected chi connectivity index (χ2v) is 9.47. The number of aromatic nitrogens is 4. The van der Waals surface area contributed by atoms with Gasteiger partial charge in [0.25, 0.3) is 0 Å². The molecule has 1 aromatic carbocycles. The number of halogens is 3. The van der Waals surface area contributed by atoms with Gasteiger partial charge in [0.1, 0.15) is 5.82 Å². The number of rotatable bonds is 5. The zero-order valence-electron chi connectivity index (χ0n) is 18.5. The zero-order chi connectivity index (χ0) is 23.6. The predicted octanol–water partition coefficient (Wildman–Crippen LogP) is 3.38. The van der Waals surface area contributed by atoms with Gasteiger partial charge in [-0.15, -0.1) is 0 Å². The SMILES string of the molecule is COC1(C)CN(c2nc(N[C@H]3C[C@@](C)(O)C3)nc3c2cnn3-c2cccc(C(F)(F)F)c2)C1. The maximum Gasteiger partial charge on any atom is 0.416 e. The van der Waals surface area contributed by atoms with Crippen LogP contribution in [-0.2, 0) is 10.9 Å². The average Bonchev–Trinajstić information content (AvgIpc) is 3.13. The molecular formula is C22H25F3N6O2. The fourth-order valence-electron chi connectivity index (χ4n) is 4.53. The minimum Gasteiger partial charge on any atom is -0.390 e. The van der Waals surface area contributed by atoms with Crippen molar-refractivity contribution >= 4 is 22.8 Å². The van der Waals surface area contributed by atoms with Crippen LogP contribution in [0.1, 0.15) is 32.3 Å². The minimum absolute atomic E-state index is 0.0101. The van der Waals surface area contributed by atoms with Crippen molar-refractivity contribution in [2.75, 3.05) is 30.4 Å². The van der Waals surface area contributed by atoms with Gasteiger partial charge >= 0.3 is 6.18 Å². The summed E-state index contributed by atoms with van der Waals surface area (Å²) < 4.78 is 46.7. The van der Waals surface area contributed by atoms with Crippen LogP contribution in [-0.4, -0.2) is 62.3 Å². The van der Waals surface area contributed by atoms with E-state index in [-0.39, 0.29) is 17.3 Å². The molecule has 11 heteroatoms. The lowest BCUT2D eigenvalue weighted by molar-refractivity contribution is -0.137. The number of fused-ring (bicyclic) bond motifs is 1. The van der Waals surface area contributed by atoms with E-state index in [2.05, 4.69) is 20.4 Å². The normalized spacial score (nSPS) is 24.5. The minimum atomic E-state index is -4.46. The van der Waals surface area contributed by atoms with Crippen LogP contribution in [0.25, 0.3) is 16.7 Å². The molecule has 1 saturated heterocycles. The quantitative estimate of drug-likeness (QED) is 0.601. The summed E-state index contributed by atoms with van der Waals surface area (Å²) >= 11 is 0. The third kappa shape index (κ3) is 3.99. The highest BCUT2D eigenvalue weighted by molar-refractivity contribution is 5.89. The lowest BCUT2D eigenvalue weighted by Gasteiger charge is -2.47. The number of alkyl halides is 3. The number of anilines is 2.